The minimum Gasteiger partial charge on any atom is -0.423 e. The molecule has 21 heavy (non-hydrogen) atoms. The first-order valence-corrected chi connectivity index (χ1v) is 6.78. The summed E-state index contributed by atoms with van der Waals surface area (Å²) in [5.74, 6) is -0.785. The summed E-state index contributed by atoms with van der Waals surface area (Å²) in [6.07, 6.45) is 3.32. The number of carbonyl (C=O) groups is 2. The van der Waals surface area contributed by atoms with Crippen molar-refractivity contribution in [3.8, 4) is 5.75 Å². The molecule has 0 amide bonds. The van der Waals surface area contributed by atoms with Gasteiger partial charge in [-0.3, -0.25) is 4.79 Å². The van der Waals surface area contributed by atoms with Crippen molar-refractivity contribution in [2.45, 2.75) is 0 Å². The average molecular weight is 349 g/mol. The van der Waals surface area contributed by atoms with Gasteiger partial charge in [-0.1, -0.05) is 28.1 Å². The summed E-state index contributed by atoms with van der Waals surface area (Å²) in [6.45, 7) is 0. The zero-order chi connectivity index (χ0) is 15.2. The Labute approximate surface area is 129 Å². The van der Waals surface area contributed by atoms with Gasteiger partial charge in [-0.05, 0) is 42.0 Å². The summed E-state index contributed by atoms with van der Waals surface area (Å²) in [5, 5.41) is 0. The molecule has 5 heteroatoms. The van der Waals surface area contributed by atoms with Crippen LogP contribution >= 0.6 is 15.9 Å². The zero-order valence-corrected chi connectivity index (χ0v) is 12.3. The maximum Gasteiger partial charge on any atom is 0.336 e. The van der Waals surface area contributed by atoms with Crippen LogP contribution in [0.25, 0.3) is 6.08 Å². The highest BCUT2D eigenvalue weighted by molar-refractivity contribution is 9.10. The van der Waals surface area contributed by atoms with Gasteiger partial charge in [0, 0.05) is 10.5 Å². The second kappa shape index (κ2) is 6.95. The second-order valence-electron chi connectivity index (χ2n) is 4.11. The fourth-order valence-corrected chi connectivity index (χ4v) is 1.96. The summed E-state index contributed by atoms with van der Waals surface area (Å²) in [6, 6.07) is 10.4. The fraction of sp³-hybridized carbons (Fsp3) is 0. The van der Waals surface area contributed by atoms with Gasteiger partial charge < -0.3 is 4.74 Å². The van der Waals surface area contributed by atoms with Crippen molar-refractivity contribution in [3.05, 3.63) is 70.0 Å². The van der Waals surface area contributed by atoms with Crippen LogP contribution in [0.5, 0.6) is 5.75 Å². The van der Waals surface area contributed by atoms with Gasteiger partial charge in [0.15, 0.2) is 6.29 Å². The maximum atomic E-state index is 12.7. The Bertz CT molecular complexity index is 693. The number of hydrogen-bond acceptors (Lipinski definition) is 3. The number of halogens is 2. The number of benzene rings is 2. The summed E-state index contributed by atoms with van der Waals surface area (Å²) in [7, 11) is 0. The monoisotopic (exact) mass is 348 g/mol. The fourth-order valence-electron chi connectivity index (χ4n) is 1.58. The molecule has 0 N–H and O–H groups in total. The Kier molecular flexibility index (Phi) is 5.00. The van der Waals surface area contributed by atoms with Gasteiger partial charge in [-0.15, -0.1) is 0 Å². The normalized spacial score (nSPS) is 10.6. The predicted molar refractivity (Wildman–Crippen MR) is 80.6 cm³/mol. The molecule has 0 spiro atoms. The molecule has 106 valence electrons. The minimum atomic E-state index is -0.621. The third kappa shape index (κ3) is 4.36. The quantitative estimate of drug-likeness (QED) is 0.362. The Morgan fingerprint density at radius 1 is 1.14 bits per heavy atom. The molecule has 0 unspecified atom stereocenters. The number of hydrogen-bond donors (Lipinski definition) is 0. The van der Waals surface area contributed by atoms with E-state index in [9.17, 15) is 14.0 Å². The van der Waals surface area contributed by atoms with Crippen LogP contribution in [-0.2, 0) is 4.79 Å². The van der Waals surface area contributed by atoms with Crippen LogP contribution in [-0.4, -0.2) is 12.3 Å². The molecule has 0 aromatic heterocycles. The van der Waals surface area contributed by atoms with Crippen molar-refractivity contribution in [2.75, 3.05) is 0 Å². The molecular formula is C16H10BrFO3. The SMILES string of the molecule is O=Cc1cc(Br)ccc1OC(=O)C=Cc1ccc(F)cc1. The topological polar surface area (TPSA) is 43.4 Å². The Morgan fingerprint density at radius 3 is 2.52 bits per heavy atom. The minimum absolute atomic E-state index is 0.182. The summed E-state index contributed by atoms with van der Waals surface area (Å²) >= 11 is 3.23. The van der Waals surface area contributed by atoms with E-state index in [1.165, 1.54) is 42.5 Å². The van der Waals surface area contributed by atoms with Gasteiger partial charge in [-0.2, -0.15) is 0 Å². The second-order valence-corrected chi connectivity index (χ2v) is 5.02. The Balaban J connectivity index is 2.08. The van der Waals surface area contributed by atoms with Crippen molar-refractivity contribution < 1.29 is 18.7 Å². The third-order valence-corrected chi connectivity index (χ3v) is 3.08. The van der Waals surface area contributed by atoms with Crippen LogP contribution in [0.4, 0.5) is 4.39 Å². The summed E-state index contributed by atoms with van der Waals surface area (Å²) in [4.78, 5) is 22.6. The van der Waals surface area contributed by atoms with Crippen molar-refractivity contribution in [1.29, 1.82) is 0 Å². The van der Waals surface area contributed by atoms with Gasteiger partial charge >= 0.3 is 5.97 Å². The van der Waals surface area contributed by atoms with Crippen molar-refractivity contribution in [2.24, 2.45) is 0 Å². The highest BCUT2D eigenvalue weighted by Gasteiger charge is 2.07. The van der Waals surface area contributed by atoms with E-state index in [2.05, 4.69) is 15.9 Å². The molecule has 0 fully saturated rings. The lowest BCUT2D eigenvalue weighted by atomic mass is 10.2. The van der Waals surface area contributed by atoms with Gasteiger partial charge in [0.2, 0.25) is 0 Å². The van der Waals surface area contributed by atoms with Gasteiger partial charge in [0.1, 0.15) is 11.6 Å². The Morgan fingerprint density at radius 2 is 1.86 bits per heavy atom. The van der Waals surface area contributed by atoms with Gasteiger partial charge in [0.25, 0.3) is 0 Å². The van der Waals surface area contributed by atoms with Gasteiger partial charge in [0.05, 0.1) is 5.56 Å². The highest BCUT2D eigenvalue weighted by Crippen LogP contribution is 2.22. The molecule has 0 atom stereocenters. The van der Waals surface area contributed by atoms with Crippen LogP contribution in [0, 0.1) is 5.82 Å². The largest absolute Gasteiger partial charge is 0.423 e. The number of ether oxygens (including phenoxy) is 1. The molecule has 0 heterocycles. The molecule has 0 saturated carbocycles. The number of rotatable bonds is 4. The first kappa shape index (κ1) is 15.1. The third-order valence-electron chi connectivity index (χ3n) is 2.59. The molecule has 0 aliphatic rings. The van der Waals surface area contributed by atoms with E-state index in [1.54, 1.807) is 12.1 Å². The smallest absolute Gasteiger partial charge is 0.336 e. The molecule has 3 nitrogen and oxygen atoms in total. The van der Waals surface area contributed by atoms with E-state index in [4.69, 9.17) is 4.74 Å². The van der Waals surface area contributed by atoms with Crippen LogP contribution in [0.3, 0.4) is 0 Å². The summed E-state index contributed by atoms with van der Waals surface area (Å²) < 4.78 is 18.5. The zero-order valence-electron chi connectivity index (χ0n) is 10.8. The van der Waals surface area contributed by atoms with E-state index in [0.29, 0.717) is 16.3 Å². The standard InChI is InChI=1S/C16H10BrFO3/c17-13-4-7-15(12(9-13)10-19)21-16(20)8-3-11-1-5-14(18)6-2-11/h1-10H. The van der Waals surface area contributed by atoms with E-state index >= 15 is 0 Å². The lowest BCUT2D eigenvalue weighted by Crippen LogP contribution is -2.05. The first-order chi connectivity index (χ1) is 10.1. The Hall–Kier alpha value is -2.27. The molecule has 0 radical (unpaired) electrons. The van der Waals surface area contributed by atoms with Crippen LogP contribution in [0.1, 0.15) is 15.9 Å². The lowest BCUT2D eigenvalue weighted by molar-refractivity contribution is -0.128. The molecular weight excluding hydrogens is 339 g/mol. The summed E-state index contributed by atoms with van der Waals surface area (Å²) in [5.41, 5.74) is 0.938. The molecule has 2 aromatic rings. The van der Waals surface area contributed by atoms with Gasteiger partial charge in [-0.25, -0.2) is 9.18 Å². The maximum absolute atomic E-state index is 12.7. The molecule has 0 saturated heterocycles. The predicted octanol–water partition coefficient (Wildman–Crippen LogP) is 4.02. The highest BCUT2D eigenvalue weighted by atomic mass is 79.9. The number of esters is 1. The van der Waals surface area contributed by atoms with E-state index in [0.717, 1.165) is 0 Å². The van der Waals surface area contributed by atoms with Crippen LogP contribution in [0.2, 0.25) is 0 Å². The average Bonchev–Trinajstić information content (AvgIpc) is 2.48. The van der Waals surface area contributed by atoms with Crippen LogP contribution < -0.4 is 4.74 Å². The van der Waals surface area contributed by atoms with E-state index < -0.39 is 5.97 Å². The number of aldehydes is 1. The van der Waals surface area contributed by atoms with Crippen molar-refractivity contribution in [1.82, 2.24) is 0 Å². The first-order valence-electron chi connectivity index (χ1n) is 5.98. The molecule has 0 aliphatic carbocycles. The molecule has 2 aromatic carbocycles. The van der Waals surface area contributed by atoms with Crippen molar-refractivity contribution >= 4 is 34.3 Å². The van der Waals surface area contributed by atoms with E-state index in [-0.39, 0.29) is 17.1 Å². The van der Waals surface area contributed by atoms with E-state index in [1.807, 2.05) is 0 Å². The molecule has 0 bridgehead atoms. The number of carbonyl (C=O) groups excluding carboxylic acids is 2. The molecule has 2 rings (SSSR count). The van der Waals surface area contributed by atoms with Crippen LogP contribution in [0.15, 0.2) is 53.0 Å². The lowest BCUT2D eigenvalue weighted by Gasteiger charge is -2.04. The van der Waals surface area contributed by atoms with Crippen molar-refractivity contribution in [3.63, 3.8) is 0 Å². The molecule has 0 aliphatic heterocycles.